The molecule has 0 unspecified atom stereocenters. The maximum atomic E-state index is 13.4. The Hall–Kier alpha value is -2.43. The molecule has 7 nitrogen and oxygen atoms in total. The lowest BCUT2D eigenvalue weighted by atomic mass is 9.97. The summed E-state index contributed by atoms with van der Waals surface area (Å²) in [5.41, 5.74) is 2.56. The number of carbonyl (C=O) groups is 2. The lowest BCUT2D eigenvalue weighted by Gasteiger charge is -2.12. The number of hydrogen-bond donors (Lipinski definition) is 1. The molecule has 0 radical (unpaired) electrons. The van der Waals surface area contributed by atoms with Crippen LogP contribution in [0.25, 0.3) is 10.2 Å². The maximum absolute atomic E-state index is 13.4. The SMILES string of the molecule is C=CCn1c(SCC(=O)Nc2sc3c(c2C(=O)OC)CCC3)nc2sc3c(c2c1=O)CCCC3. The van der Waals surface area contributed by atoms with E-state index in [-0.39, 0.29) is 17.2 Å². The third-order valence-electron chi connectivity index (χ3n) is 6.25. The number of carbonyl (C=O) groups excluding carboxylic acids is 2. The molecule has 0 aliphatic heterocycles. The molecule has 0 saturated carbocycles. The van der Waals surface area contributed by atoms with Gasteiger partial charge in [0, 0.05) is 16.3 Å². The minimum absolute atomic E-state index is 0.0603. The molecule has 178 valence electrons. The second-order valence-electron chi connectivity index (χ2n) is 8.38. The molecule has 0 fully saturated rings. The fourth-order valence-electron chi connectivity index (χ4n) is 4.72. The van der Waals surface area contributed by atoms with Gasteiger partial charge in [-0.1, -0.05) is 17.8 Å². The van der Waals surface area contributed by atoms with E-state index in [1.165, 1.54) is 35.1 Å². The van der Waals surface area contributed by atoms with Crippen molar-refractivity contribution in [3.05, 3.63) is 49.5 Å². The van der Waals surface area contributed by atoms with E-state index in [1.54, 1.807) is 22.0 Å². The van der Waals surface area contributed by atoms with Crippen LogP contribution in [0.5, 0.6) is 0 Å². The Kier molecular flexibility index (Phi) is 6.63. The van der Waals surface area contributed by atoms with Gasteiger partial charge in [-0.25, -0.2) is 9.78 Å². The molecule has 34 heavy (non-hydrogen) atoms. The minimum Gasteiger partial charge on any atom is -0.465 e. The molecule has 3 aromatic rings. The van der Waals surface area contributed by atoms with E-state index in [0.717, 1.165) is 71.2 Å². The normalized spacial score (nSPS) is 14.6. The first kappa shape index (κ1) is 23.3. The Morgan fingerprint density at radius 3 is 2.68 bits per heavy atom. The number of allylic oxidation sites excluding steroid dienone is 1. The first-order valence-electron chi connectivity index (χ1n) is 11.3. The van der Waals surface area contributed by atoms with E-state index in [9.17, 15) is 14.4 Å². The number of thiophene rings is 2. The Bertz CT molecular complexity index is 1370. The van der Waals surface area contributed by atoms with Gasteiger partial charge in [-0.05, 0) is 56.1 Å². The zero-order chi connectivity index (χ0) is 23.8. The van der Waals surface area contributed by atoms with Gasteiger partial charge in [0.2, 0.25) is 5.91 Å². The molecule has 0 atom stereocenters. The van der Waals surface area contributed by atoms with Gasteiger partial charge in [0.1, 0.15) is 9.83 Å². The number of fused-ring (bicyclic) bond motifs is 4. The summed E-state index contributed by atoms with van der Waals surface area (Å²) in [4.78, 5) is 46.5. The van der Waals surface area contributed by atoms with Crippen molar-refractivity contribution in [3.8, 4) is 0 Å². The number of amides is 1. The minimum atomic E-state index is -0.420. The van der Waals surface area contributed by atoms with E-state index in [0.29, 0.717) is 22.3 Å². The summed E-state index contributed by atoms with van der Waals surface area (Å²) >= 11 is 4.27. The predicted octanol–water partition coefficient (Wildman–Crippen LogP) is 4.59. The molecule has 2 aliphatic carbocycles. The highest BCUT2D eigenvalue weighted by Gasteiger charge is 2.28. The zero-order valence-corrected chi connectivity index (χ0v) is 21.4. The average molecular weight is 516 g/mol. The number of aryl methyl sites for hydroxylation is 3. The molecular formula is C24H25N3O4S3. The predicted molar refractivity (Wildman–Crippen MR) is 138 cm³/mol. The van der Waals surface area contributed by atoms with Crippen LogP contribution >= 0.6 is 34.4 Å². The number of esters is 1. The van der Waals surface area contributed by atoms with Crippen LogP contribution in [0.2, 0.25) is 0 Å². The molecule has 1 amide bonds. The van der Waals surface area contributed by atoms with E-state index >= 15 is 0 Å². The Morgan fingerprint density at radius 1 is 1.15 bits per heavy atom. The van der Waals surface area contributed by atoms with Crippen LogP contribution in [0, 0.1) is 0 Å². The molecule has 0 bridgehead atoms. The third kappa shape index (κ3) is 4.12. The highest BCUT2D eigenvalue weighted by atomic mass is 32.2. The van der Waals surface area contributed by atoms with Gasteiger partial charge in [-0.3, -0.25) is 14.2 Å². The van der Waals surface area contributed by atoms with Crippen LogP contribution in [-0.2, 0) is 41.8 Å². The number of hydrogen-bond acceptors (Lipinski definition) is 8. The van der Waals surface area contributed by atoms with Crippen molar-refractivity contribution in [1.29, 1.82) is 0 Å². The number of thioether (sulfide) groups is 1. The molecule has 0 spiro atoms. The average Bonchev–Trinajstić information content (AvgIpc) is 3.51. The summed E-state index contributed by atoms with van der Waals surface area (Å²) in [5.74, 6) is -0.598. The van der Waals surface area contributed by atoms with Crippen LogP contribution in [0.4, 0.5) is 5.00 Å². The summed E-state index contributed by atoms with van der Waals surface area (Å²) in [6.07, 6.45) is 8.57. The highest BCUT2D eigenvalue weighted by Crippen LogP contribution is 2.40. The zero-order valence-electron chi connectivity index (χ0n) is 18.9. The standard InChI is InChI=1S/C24H25N3O4S3/c1-3-11-27-22(29)18-13-7-4-5-9-15(13)33-20(18)26-24(27)32-12-17(28)25-21-19(23(30)31-2)14-8-6-10-16(14)34-21/h3H,1,4-12H2,2H3,(H,25,28). The molecule has 3 heterocycles. The number of anilines is 1. The Morgan fingerprint density at radius 2 is 1.88 bits per heavy atom. The summed E-state index contributed by atoms with van der Waals surface area (Å²) in [7, 11) is 1.35. The van der Waals surface area contributed by atoms with Gasteiger partial charge in [-0.15, -0.1) is 29.3 Å². The number of nitrogens with zero attached hydrogens (tertiary/aromatic N) is 2. The summed E-state index contributed by atoms with van der Waals surface area (Å²) in [6.45, 7) is 4.12. The van der Waals surface area contributed by atoms with Crippen molar-refractivity contribution < 1.29 is 14.3 Å². The van der Waals surface area contributed by atoms with Gasteiger partial charge >= 0.3 is 5.97 Å². The lowest BCUT2D eigenvalue weighted by Crippen LogP contribution is -2.24. The second kappa shape index (κ2) is 9.67. The van der Waals surface area contributed by atoms with Gasteiger partial charge in [0.25, 0.3) is 5.56 Å². The van der Waals surface area contributed by atoms with Crippen molar-refractivity contribution in [2.45, 2.75) is 56.6 Å². The van der Waals surface area contributed by atoms with Gasteiger partial charge < -0.3 is 10.1 Å². The van der Waals surface area contributed by atoms with E-state index in [2.05, 4.69) is 11.9 Å². The smallest absolute Gasteiger partial charge is 0.341 e. The molecule has 0 saturated heterocycles. The summed E-state index contributed by atoms with van der Waals surface area (Å²) < 4.78 is 6.56. The Labute approximate surface area is 209 Å². The van der Waals surface area contributed by atoms with Crippen molar-refractivity contribution in [3.63, 3.8) is 0 Å². The quantitative estimate of drug-likeness (QED) is 0.214. The maximum Gasteiger partial charge on any atom is 0.341 e. The molecular weight excluding hydrogens is 490 g/mol. The lowest BCUT2D eigenvalue weighted by molar-refractivity contribution is -0.113. The van der Waals surface area contributed by atoms with Crippen LogP contribution < -0.4 is 10.9 Å². The molecule has 10 heteroatoms. The molecule has 2 aliphatic rings. The van der Waals surface area contributed by atoms with Crippen molar-refractivity contribution in [2.24, 2.45) is 0 Å². The van der Waals surface area contributed by atoms with Crippen LogP contribution in [-0.4, -0.2) is 34.3 Å². The first-order valence-corrected chi connectivity index (χ1v) is 13.9. The summed E-state index contributed by atoms with van der Waals surface area (Å²) in [6, 6.07) is 0. The van der Waals surface area contributed by atoms with E-state index < -0.39 is 5.97 Å². The first-order chi connectivity index (χ1) is 16.5. The van der Waals surface area contributed by atoms with Crippen molar-refractivity contribution >= 4 is 61.5 Å². The molecule has 0 aromatic carbocycles. The fourth-order valence-corrected chi connectivity index (χ4v) is 8.13. The highest BCUT2D eigenvalue weighted by molar-refractivity contribution is 7.99. The van der Waals surface area contributed by atoms with Crippen LogP contribution in [0.1, 0.15) is 50.5 Å². The fraction of sp³-hybridized carbons (Fsp3) is 0.417. The molecule has 3 aromatic heterocycles. The van der Waals surface area contributed by atoms with E-state index in [1.807, 2.05) is 0 Å². The molecule has 1 N–H and O–H groups in total. The van der Waals surface area contributed by atoms with E-state index in [4.69, 9.17) is 9.72 Å². The van der Waals surface area contributed by atoms with Crippen LogP contribution in [0.3, 0.4) is 0 Å². The largest absolute Gasteiger partial charge is 0.465 e. The number of nitrogens with one attached hydrogen (secondary N) is 1. The Balaban J connectivity index is 1.40. The monoisotopic (exact) mass is 515 g/mol. The topological polar surface area (TPSA) is 90.3 Å². The van der Waals surface area contributed by atoms with Gasteiger partial charge in [0.05, 0.1) is 23.8 Å². The van der Waals surface area contributed by atoms with Gasteiger partial charge in [0.15, 0.2) is 5.16 Å². The number of aromatic nitrogens is 2. The van der Waals surface area contributed by atoms with Gasteiger partial charge in [-0.2, -0.15) is 0 Å². The number of rotatable bonds is 7. The third-order valence-corrected chi connectivity index (χ3v) is 9.62. The summed E-state index contributed by atoms with van der Waals surface area (Å²) in [5, 5.41) is 4.67. The molecule has 5 rings (SSSR count). The van der Waals surface area contributed by atoms with Crippen molar-refractivity contribution in [1.82, 2.24) is 9.55 Å². The van der Waals surface area contributed by atoms with Crippen LogP contribution in [0.15, 0.2) is 22.6 Å². The second-order valence-corrected chi connectivity index (χ2v) is 11.5. The number of ether oxygens (including phenoxy) is 1. The van der Waals surface area contributed by atoms with Crippen molar-refractivity contribution in [2.75, 3.05) is 18.2 Å². The number of methoxy groups -OCH3 is 1.